The van der Waals surface area contributed by atoms with Crippen molar-refractivity contribution in [3.63, 3.8) is 0 Å². The Morgan fingerprint density at radius 2 is 1.78 bits per heavy atom. The number of nitrogens with zero attached hydrogens (tertiary/aromatic N) is 4. The number of aromatic nitrogens is 2. The van der Waals surface area contributed by atoms with Crippen molar-refractivity contribution in [3.05, 3.63) is 60.8 Å². The molecule has 0 amide bonds. The van der Waals surface area contributed by atoms with E-state index in [1.807, 2.05) is 41.8 Å². The molecule has 3 heterocycles. The molecule has 0 saturated heterocycles. The number of anilines is 1. The predicted molar refractivity (Wildman–Crippen MR) is 71.2 cm³/mol. The van der Waals surface area contributed by atoms with Gasteiger partial charge in [-0.25, -0.2) is 0 Å². The lowest BCUT2D eigenvalue weighted by Crippen LogP contribution is -2.34. The average molecular weight is 234 g/mol. The van der Waals surface area contributed by atoms with Gasteiger partial charge in [0, 0.05) is 36.6 Å². The Morgan fingerprint density at radius 1 is 0.889 bits per heavy atom. The highest BCUT2D eigenvalue weighted by Gasteiger charge is 2.19. The summed E-state index contributed by atoms with van der Waals surface area (Å²) in [5.74, 6) is 0. The second-order valence-electron chi connectivity index (χ2n) is 4.15. The fourth-order valence-electron chi connectivity index (χ4n) is 2.31. The molecule has 2 aromatic rings. The van der Waals surface area contributed by atoms with Crippen LogP contribution in [0.25, 0.3) is 17.1 Å². The first-order chi connectivity index (χ1) is 8.93. The standard InChI is InChI=1S/C14H10N4/c1-2-9-18-13-4-3-12-14(16-7-6-15-12)11(13)5-10-17(18)8-1/h1-10H. The first-order valence-corrected chi connectivity index (χ1v) is 5.78. The van der Waals surface area contributed by atoms with Crippen molar-refractivity contribution in [2.75, 3.05) is 5.01 Å². The van der Waals surface area contributed by atoms with Crippen molar-refractivity contribution in [3.8, 4) is 0 Å². The van der Waals surface area contributed by atoms with Gasteiger partial charge in [-0.3, -0.25) is 20.0 Å². The van der Waals surface area contributed by atoms with Gasteiger partial charge in [0.15, 0.2) is 0 Å². The quantitative estimate of drug-likeness (QED) is 0.701. The zero-order valence-electron chi connectivity index (χ0n) is 9.56. The Balaban J connectivity index is 2.01. The summed E-state index contributed by atoms with van der Waals surface area (Å²) in [5.41, 5.74) is 4.09. The summed E-state index contributed by atoms with van der Waals surface area (Å²) in [6, 6.07) is 4.08. The summed E-state index contributed by atoms with van der Waals surface area (Å²) >= 11 is 0. The molecule has 1 aromatic carbocycles. The number of allylic oxidation sites excluding steroid dienone is 2. The molecule has 0 N–H and O–H groups in total. The molecule has 0 aliphatic carbocycles. The van der Waals surface area contributed by atoms with Crippen molar-refractivity contribution < 1.29 is 0 Å². The highest BCUT2D eigenvalue weighted by Crippen LogP contribution is 2.33. The second kappa shape index (κ2) is 3.43. The van der Waals surface area contributed by atoms with Crippen LogP contribution < -0.4 is 5.01 Å². The smallest absolute Gasteiger partial charge is 0.0981 e. The molecule has 4 nitrogen and oxygen atoms in total. The number of fused-ring (bicyclic) bond motifs is 5. The summed E-state index contributed by atoms with van der Waals surface area (Å²) in [6.07, 6.45) is 15.6. The molecule has 4 rings (SSSR count). The van der Waals surface area contributed by atoms with Crippen LogP contribution in [0.4, 0.5) is 5.69 Å². The molecule has 2 aliphatic rings. The van der Waals surface area contributed by atoms with Gasteiger partial charge in [0.25, 0.3) is 0 Å². The maximum absolute atomic E-state index is 4.43. The van der Waals surface area contributed by atoms with Gasteiger partial charge in [-0.2, -0.15) is 0 Å². The van der Waals surface area contributed by atoms with Crippen molar-refractivity contribution in [1.82, 2.24) is 15.0 Å². The van der Waals surface area contributed by atoms with Crippen molar-refractivity contribution in [1.29, 1.82) is 0 Å². The molecule has 0 spiro atoms. The molecule has 0 saturated carbocycles. The molecule has 4 heteroatoms. The minimum atomic E-state index is 0.922. The Hall–Kier alpha value is -2.62. The van der Waals surface area contributed by atoms with Gasteiger partial charge in [-0.1, -0.05) is 0 Å². The normalized spacial score (nSPS) is 16.0. The molecule has 0 atom stereocenters. The van der Waals surface area contributed by atoms with E-state index < -0.39 is 0 Å². The Kier molecular flexibility index (Phi) is 1.80. The van der Waals surface area contributed by atoms with Gasteiger partial charge < -0.3 is 0 Å². The molecule has 2 aliphatic heterocycles. The van der Waals surface area contributed by atoms with Gasteiger partial charge in [-0.05, 0) is 30.4 Å². The minimum Gasteiger partial charge on any atom is -0.264 e. The summed E-state index contributed by atoms with van der Waals surface area (Å²) < 4.78 is 0. The van der Waals surface area contributed by atoms with Gasteiger partial charge in [0.1, 0.15) is 0 Å². The van der Waals surface area contributed by atoms with Crippen LogP contribution in [0.2, 0.25) is 0 Å². The SMILES string of the molecule is C1=CN2C=Cc3c(ccc4nccnc34)N2C=C1. The molecule has 0 radical (unpaired) electrons. The van der Waals surface area contributed by atoms with Crippen LogP contribution in [-0.4, -0.2) is 15.0 Å². The second-order valence-corrected chi connectivity index (χ2v) is 4.15. The predicted octanol–water partition coefficient (Wildman–Crippen LogP) is 2.68. The zero-order valence-corrected chi connectivity index (χ0v) is 9.56. The van der Waals surface area contributed by atoms with Gasteiger partial charge >= 0.3 is 0 Å². The van der Waals surface area contributed by atoms with Crippen LogP contribution in [-0.2, 0) is 0 Å². The average Bonchev–Trinajstić information content (AvgIpc) is 2.46. The fraction of sp³-hybridized carbons (Fsp3) is 0. The Morgan fingerprint density at radius 3 is 2.78 bits per heavy atom. The van der Waals surface area contributed by atoms with Crippen LogP contribution in [0.1, 0.15) is 5.56 Å². The summed E-state index contributed by atoms with van der Waals surface area (Å²) in [4.78, 5) is 8.76. The molecule has 18 heavy (non-hydrogen) atoms. The first-order valence-electron chi connectivity index (χ1n) is 5.78. The van der Waals surface area contributed by atoms with Crippen LogP contribution in [0.3, 0.4) is 0 Å². The lowest BCUT2D eigenvalue weighted by Gasteiger charge is -2.36. The molecule has 0 unspecified atom stereocenters. The highest BCUT2D eigenvalue weighted by atomic mass is 15.6. The van der Waals surface area contributed by atoms with Crippen LogP contribution >= 0.6 is 0 Å². The van der Waals surface area contributed by atoms with Gasteiger partial charge in [0.05, 0.1) is 16.7 Å². The van der Waals surface area contributed by atoms with Crippen LogP contribution in [0, 0.1) is 0 Å². The topological polar surface area (TPSA) is 32.3 Å². The maximum atomic E-state index is 4.43. The number of hydrogen-bond acceptors (Lipinski definition) is 4. The first kappa shape index (κ1) is 9.41. The third-order valence-electron chi connectivity index (χ3n) is 3.12. The lowest BCUT2D eigenvalue weighted by atomic mass is 10.1. The van der Waals surface area contributed by atoms with E-state index in [-0.39, 0.29) is 0 Å². The monoisotopic (exact) mass is 234 g/mol. The van der Waals surface area contributed by atoms with Crippen molar-refractivity contribution >= 4 is 22.8 Å². The number of rotatable bonds is 0. The van der Waals surface area contributed by atoms with Crippen LogP contribution in [0.15, 0.2) is 55.3 Å². The summed E-state index contributed by atoms with van der Waals surface area (Å²) in [7, 11) is 0. The molecule has 1 aromatic heterocycles. The molecule has 86 valence electrons. The Bertz CT molecular complexity index is 715. The molecule has 0 bridgehead atoms. The molecule has 0 fully saturated rings. The largest absolute Gasteiger partial charge is 0.264 e. The van der Waals surface area contributed by atoms with Gasteiger partial charge in [0.2, 0.25) is 0 Å². The fourth-order valence-corrected chi connectivity index (χ4v) is 2.31. The van der Waals surface area contributed by atoms with E-state index >= 15 is 0 Å². The van der Waals surface area contributed by atoms with E-state index in [4.69, 9.17) is 0 Å². The third kappa shape index (κ3) is 1.20. The van der Waals surface area contributed by atoms with E-state index in [0.717, 1.165) is 22.3 Å². The third-order valence-corrected chi connectivity index (χ3v) is 3.12. The number of hydrogen-bond donors (Lipinski definition) is 0. The van der Waals surface area contributed by atoms with Crippen molar-refractivity contribution in [2.45, 2.75) is 0 Å². The Labute approximate surface area is 104 Å². The van der Waals surface area contributed by atoms with E-state index in [1.54, 1.807) is 12.4 Å². The lowest BCUT2D eigenvalue weighted by molar-refractivity contribution is 0.505. The maximum Gasteiger partial charge on any atom is 0.0981 e. The van der Waals surface area contributed by atoms with E-state index in [2.05, 4.69) is 27.1 Å². The number of hydrazine groups is 1. The van der Waals surface area contributed by atoms with E-state index in [9.17, 15) is 0 Å². The molecular weight excluding hydrogens is 224 g/mol. The summed E-state index contributed by atoms with van der Waals surface area (Å²) in [5, 5.41) is 4.12. The summed E-state index contributed by atoms with van der Waals surface area (Å²) in [6.45, 7) is 0. The number of benzene rings is 1. The van der Waals surface area contributed by atoms with Crippen molar-refractivity contribution in [2.24, 2.45) is 0 Å². The minimum absolute atomic E-state index is 0.922. The highest BCUT2D eigenvalue weighted by molar-refractivity contribution is 5.92. The zero-order chi connectivity index (χ0) is 11.9. The molecular formula is C14H10N4. The van der Waals surface area contributed by atoms with Crippen LogP contribution in [0.5, 0.6) is 0 Å². The van der Waals surface area contributed by atoms with E-state index in [1.165, 1.54) is 0 Å². The van der Waals surface area contributed by atoms with Gasteiger partial charge in [-0.15, -0.1) is 0 Å². The van der Waals surface area contributed by atoms with E-state index in [0.29, 0.717) is 0 Å².